The minimum absolute atomic E-state index is 0.0759. The highest BCUT2D eigenvalue weighted by molar-refractivity contribution is 6.30. The first-order chi connectivity index (χ1) is 8.15. The van der Waals surface area contributed by atoms with Crippen molar-refractivity contribution in [2.75, 3.05) is 5.32 Å². The summed E-state index contributed by atoms with van der Waals surface area (Å²) in [6.07, 6.45) is 7.03. The van der Waals surface area contributed by atoms with Crippen LogP contribution in [0, 0.1) is 12.8 Å². The van der Waals surface area contributed by atoms with Gasteiger partial charge in [-0.15, -0.1) is 0 Å². The van der Waals surface area contributed by atoms with Gasteiger partial charge in [0.2, 0.25) is 5.91 Å². The van der Waals surface area contributed by atoms with Gasteiger partial charge in [0.15, 0.2) is 0 Å². The Morgan fingerprint density at radius 2 is 2.35 bits per heavy atom. The SMILES string of the molecule is Cc1cc(Cl)ccc1NC(=O)C[C@H]1C=CCC1. The molecule has 0 bridgehead atoms. The van der Waals surface area contributed by atoms with Gasteiger partial charge in [-0.05, 0) is 49.4 Å². The van der Waals surface area contributed by atoms with E-state index in [2.05, 4.69) is 17.5 Å². The Kier molecular flexibility index (Phi) is 3.85. The van der Waals surface area contributed by atoms with Crippen LogP contribution in [0.15, 0.2) is 30.4 Å². The molecule has 17 heavy (non-hydrogen) atoms. The molecule has 1 aliphatic rings. The van der Waals surface area contributed by atoms with Gasteiger partial charge < -0.3 is 5.32 Å². The zero-order valence-corrected chi connectivity index (χ0v) is 10.6. The first-order valence-corrected chi connectivity index (χ1v) is 6.25. The molecule has 0 aliphatic heterocycles. The van der Waals surface area contributed by atoms with E-state index in [1.54, 1.807) is 6.07 Å². The van der Waals surface area contributed by atoms with Crippen LogP contribution < -0.4 is 5.32 Å². The van der Waals surface area contributed by atoms with Gasteiger partial charge in [0, 0.05) is 17.1 Å². The summed E-state index contributed by atoms with van der Waals surface area (Å²) in [5.74, 6) is 0.481. The van der Waals surface area contributed by atoms with Gasteiger partial charge in [-0.25, -0.2) is 0 Å². The lowest BCUT2D eigenvalue weighted by Gasteiger charge is -2.11. The number of carbonyl (C=O) groups excluding carboxylic acids is 1. The van der Waals surface area contributed by atoms with Crippen molar-refractivity contribution < 1.29 is 4.79 Å². The third-order valence-corrected chi connectivity index (χ3v) is 3.26. The average molecular weight is 250 g/mol. The van der Waals surface area contributed by atoms with Crippen molar-refractivity contribution in [1.82, 2.24) is 0 Å². The highest BCUT2D eigenvalue weighted by Gasteiger charge is 2.14. The standard InChI is InChI=1S/C14H16ClNO/c1-10-8-12(15)6-7-13(10)16-14(17)9-11-4-2-3-5-11/h2,4,6-8,11H,3,5,9H2,1H3,(H,16,17)/t11-/m0/s1. The van der Waals surface area contributed by atoms with Gasteiger partial charge >= 0.3 is 0 Å². The van der Waals surface area contributed by atoms with E-state index in [0.29, 0.717) is 17.4 Å². The smallest absolute Gasteiger partial charge is 0.224 e. The molecule has 0 saturated heterocycles. The summed E-state index contributed by atoms with van der Waals surface area (Å²) in [5, 5.41) is 3.63. The van der Waals surface area contributed by atoms with Crippen molar-refractivity contribution >= 4 is 23.2 Å². The van der Waals surface area contributed by atoms with Crippen LogP contribution in [0.1, 0.15) is 24.8 Å². The van der Waals surface area contributed by atoms with Crippen LogP contribution in [0.25, 0.3) is 0 Å². The predicted octanol–water partition coefficient (Wildman–Crippen LogP) is 3.94. The summed E-state index contributed by atoms with van der Waals surface area (Å²) in [7, 11) is 0. The van der Waals surface area contributed by atoms with Crippen LogP contribution >= 0.6 is 11.6 Å². The quantitative estimate of drug-likeness (QED) is 0.808. The lowest BCUT2D eigenvalue weighted by molar-refractivity contribution is -0.116. The number of hydrogen-bond acceptors (Lipinski definition) is 1. The van der Waals surface area contributed by atoms with Crippen LogP contribution in [0.3, 0.4) is 0 Å². The molecule has 90 valence electrons. The zero-order valence-electron chi connectivity index (χ0n) is 9.87. The van der Waals surface area contributed by atoms with Gasteiger partial charge in [0.05, 0.1) is 0 Å². The number of rotatable bonds is 3. The minimum Gasteiger partial charge on any atom is -0.326 e. The van der Waals surface area contributed by atoms with Crippen LogP contribution in [0.2, 0.25) is 5.02 Å². The molecule has 2 rings (SSSR count). The monoisotopic (exact) mass is 249 g/mol. The van der Waals surface area contributed by atoms with Gasteiger partial charge in [0.1, 0.15) is 0 Å². The van der Waals surface area contributed by atoms with Crippen LogP contribution in [0.4, 0.5) is 5.69 Å². The van der Waals surface area contributed by atoms with Crippen molar-refractivity contribution in [1.29, 1.82) is 0 Å². The molecule has 1 amide bonds. The second kappa shape index (κ2) is 5.37. The Labute approximate surface area is 107 Å². The summed E-state index contributed by atoms with van der Waals surface area (Å²) < 4.78 is 0. The number of carbonyl (C=O) groups is 1. The van der Waals surface area contributed by atoms with E-state index in [0.717, 1.165) is 24.1 Å². The Hall–Kier alpha value is -1.28. The molecular formula is C14H16ClNO. The molecule has 3 heteroatoms. The normalized spacial score (nSPS) is 18.4. The molecule has 1 aromatic rings. The highest BCUT2D eigenvalue weighted by Crippen LogP contribution is 2.23. The summed E-state index contributed by atoms with van der Waals surface area (Å²) in [6.45, 7) is 1.94. The summed E-state index contributed by atoms with van der Waals surface area (Å²) >= 11 is 5.87. The summed E-state index contributed by atoms with van der Waals surface area (Å²) in [5.41, 5.74) is 1.84. The number of benzene rings is 1. The van der Waals surface area contributed by atoms with E-state index in [9.17, 15) is 4.79 Å². The van der Waals surface area contributed by atoms with Gasteiger partial charge in [-0.3, -0.25) is 4.79 Å². The molecule has 2 nitrogen and oxygen atoms in total. The van der Waals surface area contributed by atoms with Crippen molar-refractivity contribution in [3.63, 3.8) is 0 Å². The maximum absolute atomic E-state index is 11.8. The van der Waals surface area contributed by atoms with E-state index in [4.69, 9.17) is 11.6 Å². The summed E-state index contributed by atoms with van der Waals surface area (Å²) in [4.78, 5) is 11.8. The number of halogens is 1. The van der Waals surface area contributed by atoms with Gasteiger partial charge in [-0.1, -0.05) is 23.8 Å². The summed E-state index contributed by atoms with van der Waals surface area (Å²) in [6, 6.07) is 5.49. The van der Waals surface area contributed by atoms with Crippen LogP contribution in [0.5, 0.6) is 0 Å². The van der Waals surface area contributed by atoms with E-state index in [-0.39, 0.29) is 5.91 Å². The second-order valence-corrected chi connectivity index (χ2v) is 4.91. The van der Waals surface area contributed by atoms with Gasteiger partial charge in [0.25, 0.3) is 0 Å². The molecule has 0 saturated carbocycles. The molecule has 1 atom stereocenters. The fourth-order valence-electron chi connectivity index (χ4n) is 2.07. The number of anilines is 1. The molecule has 0 spiro atoms. The predicted molar refractivity (Wildman–Crippen MR) is 71.3 cm³/mol. The van der Waals surface area contributed by atoms with Crippen molar-refractivity contribution in [3.05, 3.63) is 40.9 Å². The van der Waals surface area contributed by atoms with E-state index < -0.39 is 0 Å². The lowest BCUT2D eigenvalue weighted by atomic mass is 10.0. The molecule has 1 aromatic carbocycles. The van der Waals surface area contributed by atoms with E-state index in [1.165, 1.54) is 0 Å². The second-order valence-electron chi connectivity index (χ2n) is 4.48. The Balaban J connectivity index is 1.95. The fraction of sp³-hybridized carbons (Fsp3) is 0.357. The third kappa shape index (κ3) is 3.34. The highest BCUT2D eigenvalue weighted by atomic mass is 35.5. The maximum Gasteiger partial charge on any atom is 0.224 e. The first kappa shape index (κ1) is 12.2. The molecular weight excluding hydrogens is 234 g/mol. The third-order valence-electron chi connectivity index (χ3n) is 3.02. The zero-order chi connectivity index (χ0) is 12.3. The Morgan fingerprint density at radius 1 is 1.53 bits per heavy atom. The van der Waals surface area contributed by atoms with Crippen molar-refractivity contribution in [2.24, 2.45) is 5.92 Å². The maximum atomic E-state index is 11.8. The van der Waals surface area contributed by atoms with Crippen LogP contribution in [-0.2, 0) is 4.79 Å². The molecule has 1 N–H and O–H groups in total. The average Bonchev–Trinajstić information content (AvgIpc) is 2.75. The number of hydrogen-bond donors (Lipinski definition) is 1. The molecule has 0 aromatic heterocycles. The molecule has 1 aliphatic carbocycles. The number of nitrogens with one attached hydrogen (secondary N) is 1. The topological polar surface area (TPSA) is 29.1 Å². The minimum atomic E-state index is 0.0759. The molecule has 0 radical (unpaired) electrons. The lowest BCUT2D eigenvalue weighted by Crippen LogP contribution is -2.15. The van der Waals surface area contributed by atoms with E-state index in [1.807, 2.05) is 19.1 Å². The number of aryl methyl sites for hydroxylation is 1. The van der Waals surface area contributed by atoms with E-state index >= 15 is 0 Å². The molecule has 0 unspecified atom stereocenters. The number of amides is 1. The Morgan fingerprint density at radius 3 is 3.00 bits per heavy atom. The van der Waals surface area contributed by atoms with Gasteiger partial charge in [-0.2, -0.15) is 0 Å². The van der Waals surface area contributed by atoms with Crippen molar-refractivity contribution in [3.8, 4) is 0 Å². The fourth-order valence-corrected chi connectivity index (χ4v) is 2.30. The van der Waals surface area contributed by atoms with Crippen LogP contribution in [-0.4, -0.2) is 5.91 Å². The Bertz CT molecular complexity index is 454. The van der Waals surface area contributed by atoms with Crippen molar-refractivity contribution in [2.45, 2.75) is 26.2 Å². The number of allylic oxidation sites excluding steroid dienone is 2. The molecule has 0 fully saturated rings. The first-order valence-electron chi connectivity index (χ1n) is 5.88. The molecule has 0 heterocycles. The largest absolute Gasteiger partial charge is 0.326 e.